The molecule has 0 spiro atoms. The average Bonchev–Trinajstić information content (AvgIpc) is 3.34. The van der Waals surface area contributed by atoms with Crippen LogP contribution in [0.4, 0.5) is 20.2 Å². The molecule has 0 aliphatic carbocycles. The van der Waals surface area contributed by atoms with Crippen LogP contribution in [-0.2, 0) is 4.74 Å². The highest BCUT2D eigenvalue weighted by Gasteiger charge is 2.22. The molecule has 0 radical (unpaired) electrons. The number of nitrogens with zero attached hydrogens (tertiary/aromatic N) is 2. The summed E-state index contributed by atoms with van der Waals surface area (Å²) < 4.78 is 43.2. The maximum Gasteiger partial charge on any atom is 0.261 e. The molecular formula is C30H32F2N4O5S. The van der Waals surface area contributed by atoms with Gasteiger partial charge in [0.15, 0.2) is 11.6 Å². The maximum atomic E-state index is 13.6. The van der Waals surface area contributed by atoms with E-state index in [9.17, 15) is 18.4 Å². The Balaban J connectivity index is 0.000000437. The van der Waals surface area contributed by atoms with Gasteiger partial charge in [-0.05, 0) is 49.4 Å². The smallest absolute Gasteiger partial charge is 0.261 e. The van der Waals surface area contributed by atoms with E-state index in [-0.39, 0.29) is 28.4 Å². The monoisotopic (exact) mass is 598 g/mol. The van der Waals surface area contributed by atoms with Crippen LogP contribution in [-0.4, -0.2) is 49.2 Å². The molecule has 1 saturated heterocycles. The first-order chi connectivity index (χ1) is 20.1. The van der Waals surface area contributed by atoms with Crippen molar-refractivity contribution in [1.29, 1.82) is 0 Å². The van der Waals surface area contributed by atoms with Crippen LogP contribution < -0.4 is 20.1 Å². The SMILES string of the molecule is CC1COCC(C)C1.COc1cc(C(=O)Nc2ccc(F)c(F)c2)c(NC(=O)c2c(OC)ccc3nc(C)sc23)cn1. The number of hydrogen-bond acceptors (Lipinski definition) is 8. The van der Waals surface area contributed by atoms with Gasteiger partial charge in [0, 0.05) is 31.0 Å². The molecule has 42 heavy (non-hydrogen) atoms. The van der Waals surface area contributed by atoms with Gasteiger partial charge in [-0.2, -0.15) is 0 Å². The normalized spacial score (nSPS) is 16.3. The highest BCUT2D eigenvalue weighted by Crippen LogP contribution is 2.33. The highest BCUT2D eigenvalue weighted by molar-refractivity contribution is 7.19. The quantitative estimate of drug-likeness (QED) is 0.261. The molecular weight excluding hydrogens is 566 g/mol. The van der Waals surface area contributed by atoms with Gasteiger partial charge in [0.1, 0.15) is 11.3 Å². The first-order valence-electron chi connectivity index (χ1n) is 13.2. The minimum Gasteiger partial charge on any atom is -0.496 e. The van der Waals surface area contributed by atoms with E-state index in [0.717, 1.165) is 42.2 Å². The summed E-state index contributed by atoms with van der Waals surface area (Å²) in [4.78, 5) is 34.7. The lowest BCUT2D eigenvalue weighted by atomic mass is 9.96. The van der Waals surface area contributed by atoms with Gasteiger partial charge >= 0.3 is 0 Å². The summed E-state index contributed by atoms with van der Waals surface area (Å²) in [5.41, 5.74) is 0.997. The Kier molecular flexibility index (Phi) is 10.0. The Morgan fingerprint density at radius 3 is 2.33 bits per heavy atom. The molecule has 0 bridgehead atoms. The number of thiazole rings is 1. The fourth-order valence-corrected chi connectivity index (χ4v) is 5.51. The number of pyridine rings is 1. The molecule has 2 aromatic heterocycles. The zero-order valence-electron chi connectivity index (χ0n) is 23.9. The Hall–Kier alpha value is -4.16. The second kappa shape index (κ2) is 13.7. The third kappa shape index (κ3) is 7.37. The first-order valence-corrected chi connectivity index (χ1v) is 14.0. The number of fused-ring (bicyclic) bond motifs is 1. The minimum atomic E-state index is -1.11. The number of aryl methyl sites for hydroxylation is 1. The van der Waals surface area contributed by atoms with Crippen molar-refractivity contribution < 1.29 is 32.6 Å². The number of rotatable bonds is 6. The number of methoxy groups -OCH3 is 2. The van der Waals surface area contributed by atoms with Crippen LogP contribution >= 0.6 is 11.3 Å². The zero-order valence-corrected chi connectivity index (χ0v) is 24.7. The van der Waals surface area contributed by atoms with Crippen molar-refractivity contribution >= 4 is 44.7 Å². The van der Waals surface area contributed by atoms with Gasteiger partial charge in [-0.25, -0.2) is 18.7 Å². The molecule has 2 unspecified atom stereocenters. The number of halogens is 2. The predicted molar refractivity (Wildman–Crippen MR) is 158 cm³/mol. The molecule has 1 aliphatic rings. The number of hydrogen-bond donors (Lipinski definition) is 2. The molecule has 3 heterocycles. The van der Waals surface area contributed by atoms with Crippen molar-refractivity contribution in [2.24, 2.45) is 11.8 Å². The molecule has 222 valence electrons. The summed E-state index contributed by atoms with van der Waals surface area (Å²) in [6.45, 7) is 8.27. The van der Waals surface area contributed by atoms with Crippen molar-refractivity contribution in [1.82, 2.24) is 9.97 Å². The van der Waals surface area contributed by atoms with E-state index in [1.54, 1.807) is 12.1 Å². The van der Waals surface area contributed by atoms with Crippen molar-refractivity contribution in [2.75, 3.05) is 38.1 Å². The lowest BCUT2D eigenvalue weighted by Gasteiger charge is -2.23. The second-order valence-corrected chi connectivity index (χ2v) is 11.2. The van der Waals surface area contributed by atoms with Gasteiger partial charge in [-0.1, -0.05) is 13.8 Å². The molecule has 2 amide bonds. The zero-order chi connectivity index (χ0) is 30.4. The molecule has 4 aromatic rings. The van der Waals surface area contributed by atoms with Gasteiger partial charge in [-0.3, -0.25) is 9.59 Å². The summed E-state index contributed by atoms with van der Waals surface area (Å²) in [6, 6.07) is 7.67. The van der Waals surface area contributed by atoms with E-state index < -0.39 is 23.4 Å². The van der Waals surface area contributed by atoms with E-state index in [1.165, 1.54) is 50.3 Å². The molecule has 2 atom stereocenters. The summed E-state index contributed by atoms with van der Waals surface area (Å²) in [5, 5.41) is 5.94. The topological polar surface area (TPSA) is 112 Å². The van der Waals surface area contributed by atoms with Crippen molar-refractivity contribution in [2.45, 2.75) is 27.2 Å². The van der Waals surface area contributed by atoms with Crippen LogP contribution in [0.1, 0.15) is 46.0 Å². The van der Waals surface area contributed by atoms with E-state index in [4.69, 9.17) is 14.2 Å². The van der Waals surface area contributed by atoms with E-state index >= 15 is 0 Å². The van der Waals surface area contributed by atoms with Gasteiger partial charge in [-0.15, -0.1) is 11.3 Å². The third-order valence-electron chi connectivity index (χ3n) is 6.44. The van der Waals surface area contributed by atoms with E-state index in [0.29, 0.717) is 16.0 Å². The molecule has 12 heteroatoms. The number of ether oxygens (including phenoxy) is 3. The molecule has 9 nitrogen and oxygen atoms in total. The molecule has 0 saturated carbocycles. The van der Waals surface area contributed by atoms with Crippen LogP contribution in [0.5, 0.6) is 11.6 Å². The van der Waals surface area contributed by atoms with Gasteiger partial charge in [0.2, 0.25) is 5.88 Å². The lowest BCUT2D eigenvalue weighted by Crippen LogP contribution is -2.21. The molecule has 1 aliphatic heterocycles. The first kappa shape index (κ1) is 30.8. The fourth-order valence-electron chi connectivity index (χ4n) is 4.56. The summed E-state index contributed by atoms with van der Waals surface area (Å²) >= 11 is 1.34. The number of nitrogens with one attached hydrogen (secondary N) is 2. The average molecular weight is 599 g/mol. The van der Waals surface area contributed by atoms with Gasteiger partial charge < -0.3 is 24.8 Å². The Labute approximate surface area is 246 Å². The van der Waals surface area contributed by atoms with Crippen molar-refractivity contribution in [3.05, 3.63) is 70.4 Å². The fraction of sp³-hybridized carbons (Fsp3) is 0.333. The van der Waals surface area contributed by atoms with Crippen LogP contribution in [0.25, 0.3) is 10.2 Å². The second-order valence-electron chi connectivity index (χ2n) is 10.0. The largest absolute Gasteiger partial charge is 0.496 e. The lowest BCUT2D eigenvalue weighted by molar-refractivity contribution is 0.0274. The molecule has 2 N–H and O–H groups in total. The van der Waals surface area contributed by atoms with E-state index in [1.807, 2.05) is 6.92 Å². The van der Waals surface area contributed by atoms with Crippen LogP contribution in [0.15, 0.2) is 42.6 Å². The van der Waals surface area contributed by atoms with Gasteiger partial charge in [0.25, 0.3) is 11.8 Å². The number of carbonyl (C=O) groups is 2. The number of amides is 2. The number of benzene rings is 2. The summed E-state index contributed by atoms with van der Waals surface area (Å²) in [6.07, 6.45) is 2.61. The standard InChI is InChI=1S/C23H18F2N4O4S.C7H14O/c1-11-27-16-6-7-18(32-2)20(21(16)34-11)23(31)29-17-10-26-19(33-3)9-13(17)22(30)28-12-4-5-14(24)15(25)8-12;1-6-3-7(2)5-8-4-6/h4-10H,1-3H3,(H,28,30)(H,29,31);6-7H,3-5H2,1-2H3. The number of aromatic nitrogens is 2. The predicted octanol–water partition coefficient (Wildman–Crippen LogP) is 6.48. The molecule has 2 aromatic carbocycles. The van der Waals surface area contributed by atoms with Crippen molar-refractivity contribution in [3.63, 3.8) is 0 Å². The van der Waals surface area contributed by atoms with Crippen molar-refractivity contribution in [3.8, 4) is 11.6 Å². The minimum absolute atomic E-state index is 0.00319. The molecule has 1 fully saturated rings. The Morgan fingerprint density at radius 1 is 0.976 bits per heavy atom. The van der Waals surface area contributed by atoms with E-state index in [2.05, 4.69) is 34.4 Å². The number of carbonyl (C=O) groups excluding carboxylic acids is 2. The third-order valence-corrected chi connectivity index (χ3v) is 7.45. The van der Waals surface area contributed by atoms with Crippen LogP contribution in [0.3, 0.4) is 0 Å². The summed E-state index contributed by atoms with van der Waals surface area (Å²) in [5.74, 6) is -1.36. The Morgan fingerprint density at radius 2 is 1.71 bits per heavy atom. The highest BCUT2D eigenvalue weighted by atomic mass is 32.1. The molecule has 5 rings (SSSR count). The summed E-state index contributed by atoms with van der Waals surface area (Å²) in [7, 11) is 2.82. The Bertz CT molecular complexity index is 1590. The number of anilines is 2. The maximum absolute atomic E-state index is 13.6. The van der Waals surface area contributed by atoms with Crippen LogP contribution in [0, 0.1) is 30.4 Å². The van der Waals surface area contributed by atoms with Gasteiger partial charge in [0.05, 0.1) is 46.9 Å². The van der Waals surface area contributed by atoms with Crippen LogP contribution in [0.2, 0.25) is 0 Å².